The van der Waals surface area contributed by atoms with Gasteiger partial charge in [-0.25, -0.2) is 4.98 Å². The van der Waals surface area contributed by atoms with Gasteiger partial charge in [-0.15, -0.1) is 0 Å². The number of ether oxygens (including phenoxy) is 1. The van der Waals surface area contributed by atoms with Gasteiger partial charge < -0.3 is 4.74 Å². The lowest BCUT2D eigenvalue weighted by molar-refractivity contribution is 0.415. The number of hydrogen-bond acceptors (Lipinski definition) is 4. The highest BCUT2D eigenvalue weighted by atomic mass is 16.5. The third-order valence-corrected chi connectivity index (χ3v) is 3.98. The highest BCUT2D eigenvalue weighted by Gasteiger charge is 2.11. The van der Waals surface area contributed by atoms with Gasteiger partial charge in [0, 0.05) is 11.1 Å². The number of aryl methyl sites for hydroxylation is 1. The normalized spacial score (nSPS) is 10.9. The summed E-state index contributed by atoms with van der Waals surface area (Å²) in [6.07, 6.45) is 1.53. The zero-order valence-corrected chi connectivity index (χ0v) is 13.5. The van der Waals surface area contributed by atoms with Crippen molar-refractivity contribution in [3.8, 4) is 28.3 Å². The number of nitrogens with zero attached hydrogens (tertiary/aromatic N) is 4. The molecule has 2 heterocycles. The Balaban J connectivity index is 1.89. The molecule has 0 aliphatic rings. The number of hydrogen-bond donors (Lipinski definition) is 0. The predicted molar refractivity (Wildman–Crippen MR) is 92.9 cm³/mol. The lowest BCUT2D eigenvalue weighted by Crippen LogP contribution is -1.99. The van der Waals surface area contributed by atoms with Gasteiger partial charge in [-0.1, -0.05) is 29.8 Å². The van der Waals surface area contributed by atoms with Crippen LogP contribution >= 0.6 is 0 Å². The molecular formula is C19H16N4O. The minimum absolute atomic E-state index is 0.582. The second-order valence-corrected chi connectivity index (χ2v) is 5.59. The first-order chi connectivity index (χ1) is 11.7. The van der Waals surface area contributed by atoms with Crippen LogP contribution in [0, 0.1) is 6.92 Å². The van der Waals surface area contributed by atoms with Crippen molar-refractivity contribution in [2.75, 3.05) is 7.11 Å². The molecule has 0 fully saturated rings. The molecular weight excluding hydrogens is 300 g/mol. The van der Waals surface area contributed by atoms with E-state index in [9.17, 15) is 0 Å². The van der Waals surface area contributed by atoms with Crippen molar-refractivity contribution in [3.63, 3.8) is 0 Å². The minimum atomic E-state index is 0.582. The third-order valence-electron chi connectivity index (χ3n) is 3.98. The molecule has 0 N–H and O–H groups in total. The number of rotatable bonds is 3. The summed E-state index contributed by atoms with van der Waals surface area (Å²) in [5, 5.41) is 4.30. The molecule has 0 spiro atoms. The Hall–Kier alpha value is -3.21. The quantitative estimate of drug-likeness (QED) is 0.577. The summed E-state index contributed by atoms with van der Waals surface area (Å²) in [6.45, 7) is 2.07. The van der Waals surface area contributed by atoms with Crippen LogP contribution in [0.25, 0.3) is 28.3 Å². The van der Waals surface area contributed by atoms with E-state index in [1.807, 2.05) is 30.3 Å². The summed E-state index contributed by atoms with van der Waals surface area (Å²) in [4.78, 5) is 8.87. The molecule has 2 aromatic heterocycles. The van der Waals surface area contributed by atoms with Crippen molar-refractivity contribution in [2.45, 2.75) is 6.92 Å². The molecule has 0 aliphatic carbocycles. The van der Waals surface area contributed by atoms with Gasteiger partial charge >= 0.3 is 0 Å². The summed E-state index contributed by atoms with van der Waals surface area (Å²) in [7, 11) is 1.66. The minimum Gasteiger partial charge on any atom is -0.497 e. The van der Waals surface area contributed by atoms with Crippen molar-refractivity contribution in [3.05, 3.63) is 66.5 Å². The van der Waals surface area contributed by atoms with E-state index < -0.39 is 0 Å². The Bertz CT molecular complexity index is 988. The van der Waals surface area contributed by atoms with E-state index in [0.29, 0.717) is 5.78 Å². The van der Waals surface area contributed by atoms with Gasteiger partial charge in [-0.3, -0.25) is 0 Å². The second kappa shape index (κ2) is 5.77. The maximum Gasteiger partial charge on any atom is 0.253 e. The fourth-order valence-corrected chi connectivity index (χ4v) is 2.65. The lowest BCUT2D eigenvalue weighted by atomic mass is 10.1. The first-order valence-electron chi connectivity index (χ1n) is 7.67. The molecule has 0 radical (unpaired) electrons. The molecule has 2 aromatic carbocycles. The number of aromatic nitrogens is 4. The molecule has 4 aromatic rings. The van der Waals surface area contributed by atoms with E-state index in [4.69, 9.17) is 4.74 Å². The van der Waals surface area contributed by atoms with Gasteiger partial charge in [0.25, 0.3) is 5.78 Å². The number of benzene rings is 2. The van der Waals surface area contributed by atoms with Crippen LogP contribution < -0.4 is 4.74 Å². The van der Waals surface area contributed by atoms with Gasteiger partial charge in [0.1, 0.15) is 12.1 Å². The summed E-state index contributed by atoms with van der Waals surface area (Å²) in [6, 6.07) is 18.2. The molecule has 0 atom stereocenters. The van der Waals surface area contributed by atoms with E-state index in [-0.39, 0.29) is 0 Å². The van der Waals surface area contributed by atoms with E-state index >= 15 is 0 Å². The molecule has 5 nitrogen and oxygen atoms in total. The van der Waals surface area contributed by atoms with Crippen LogP contribution in [0.5, 0.6) is 5.75 Å². The number of methoxy groups -OCH3 is 1. The first-order valence-corrected chi connectivity index (χ1v) is 7.67. The first kappa shape index (κ1) is 14.4. The maximum atomic E-state index is 5.22. The van der Waals surface area contributed by atoms with Gasteiger partial charge in [0.15, 0.2) is 0 Å². The maximum absolute atomic E-state index is 5.22. The van der Waals surface area contributed by atoms with Crippen molar-refractivity contribution in [1.29, 1.82) is 0 Å². The molecule has 0 aliphatic heterocycles. The Labute approximate surface area is 139 Å². The van der Waals surface area contributed by atoms with E-state index in [1.54, 1.807) is 11.6 Å². The zero-order valence-electron chi connectivity index (χ0n) is 13.5. The molecule has 0 saturated carbocycles. The van der Waals surface area contributed by atoms with Gasteiger partial charge in [0.05, 0.1) is 18.5 Å². The molecule has 24 heavy (non-hydrogen) atoms. The molecule has 0 bridgehead atoms. The summed E-state index contributed by atoms with van der Waals surface area (Å²) < 4.78 is 6.98. The molecule has 118 valence electrons. The summed E-state index contributed by atoms with van der Waals surface area (Å²) in [5.74, 6) is 1.40. The fourth-order valence-electron chi connectivity index (χ4n) is 2.65. The predicted octanol–water partition coefficient (Wildman–Crippen LogP) is 3.78. The number of fused-ring (bicyclic) bond motifs is 1. The van der Waals surface area contributed by atoms with Gasteiger partial charge in [-0.05, 0) is 37.3 Å². The van der Waals surface area contributed by atoms with Crippen LogP contribution in [0.2, 0.25) is 0 Å². The molecule has 0 unspecified atom stereocenters. The fraction of sp³-hybridized carbons (Fsp3) is 0.105. The largest absolute Gasteiger partial charge is 0.497 e. The van der Waals surface area contributed by atoms with Crippen LogP contribution in [0.1, 0.15) is 5.56 Å². The third kappa shape index (κ3) is 2.50. The van der Waals surface area contributed by atoms with Gasteiger partial charge in [0.2, 0.25) is 0 Å². The zero-order chi connectivity index (χ0) is 16.5. The molecule has 4 rings (SSSR count). The highest BCUT2D eigenvalue weighted by molar-refractivity contribution is 5.70. The molecule has 0 amide bonds. The van der Waals surface area contributed by atoms with Gasteiger partial charge in [-0.2, -0.15) is 14.6 Å². The Morgan fingerprint density at radius 3 is 2.33 bits per heavy atom. The van der Waals surface area contributed by atoms with Crippen LogP contribution in [0.4, 0.5) is 0 Å². The Kier molecular flexibility index (Phi) is 3.46. The topological polar surface area (TPSA) is 52.3 Å². The SMILES string of the molecule is COc1ccc(-c2cc(-c3ccc(C)cc3)n3ncnc3n2)cc1. The van der Waals surface area contributed by atoms with Crippen LogP contribution in [-0.4, -0.2) is 26.7 Å². The smallest absolute Gasteiger partial charge is 0.253 e. The molecule has 5 heteroatoms. The summed E-state index contributed by atoms with van der Waals surface area (Å²) >= 11 is 0. The van der Waals surface area contributed by atoms with Crippen molar-refractivity contribution in [2.24, 2.45) is 0 Å². The summed E-state index contributed by atoms with van der Waals surface area (Å²) in [5.41, 5.74) is 5.12. The van der Waals surface area contributed by atoms with Crippen LogP contribution in [-0.2, 0) is 0 Å². The average Bonchev–Trinajstić information content (AvgIpc) is 3.10. The standard InChI is InChI=1S/C19H16N4O/c1-13-3-5-15(6-4-13)18-11-17(22-19-20-12-21-23(18)19)14-7-9-16(24-2)10-8-14/h3-12H,1-2H3. The van der Waals surface area contributed by atoms with E-state index in [0.717, 1.165) is 28.3 Å². The van der Waals surface area contributed by atoms with Crippen molar-refractivity contribution >= 4 is 5.78 Å². The van der Waals surface area contributed by atoms with Crippen LogP contribution in [0.3, 0.4) is 0 Å². The highest BCUT2D eigenvalue weighted by Crippen LogP contribution is 2.27. The Morgan fingerprint density at radius 2 is 1.62 bits per heavy atom. The van der Waals surface area contributed by atoms with E-state index in [2.05, 4.69) is 46.3 Å². The Morgan fingerprint density at radius 1 is 0.917 bits per heavy atom. The lowest BCUT2D eigenvalue weighted by Gasteiger charge is -2.08. The average molecular weight is 316 g/mol. The molecule has 0 saturated heterocycles. The van der Waals surface area contributed by atoms with E-state index in [1.165, 1.54) is 11.9 Å². The van der Waals surface area contributed by atoms with Crippen molar-refractivity contribution in [1.82, 2.24) is 19.6 Å². The second-order valence-electron chi connectivity index (χ2n) is 5.59. The van der Waals surface area contributed by atoms with Crippen LogP contribution in [0.15, 0.2) is 60.9 Å². The van der Waals surface area contributed by atoms with Crippen molar-refractivity contribution < 1.29 is 4.74 Å². The monoisotopic (exact) mass is 316 g/mol.